The van der Waals surface area contributed by atoms with Crippen LogP contribution in [0.2, 0.25) is 0 Å². The molecule has 1 rings (SSSR count). The van der Waals surface area contributed by atoms with Crippen molar-refractivity contribution in [3.05, 3.63) is 45.4 Å². The van der Waals surface area contributed by atoms with E-state index >= 15 is 0 Å². The number of methoxy groups -OCH3 is 1. The molecule has 0 fully saturated rings. The topological polar surface area (TPSA) is 135 Å². The number of allylic oxidation sites excluding steroid dienone is 1. The molecule has 0 aromatic heterocycles. The van der Waals surface area contributed by atoms with Crippen LogP contribution in [0.25, 0.3) is 0 Å². The Labute approximate surface area is 151 Å². The molecule has 0 aromatic carbocycles. The van der Waals surface area contributed by atoms with E-state index in [1.165, 1.54) is 26.3 Å². The third-order valence-electron chi connectivity index (χ3n) is 2.17. The summed E-state index contributed by atoms with van der Waals surface area (Å²) in [4.78, 5) is 10.9. The van der Waals surface area contributed by atoms with E-state index in [-0.39, 0.29) is 18.0 Å². The van der Waals surface area contributed by atoms with Gasteiger partial charge in [0.05, 0.1) is 0 Å². The van der Waals surface area contributed by atoms with Crippen molar-refractivity contribution in [1.29, 1.82) is 0 Å². The SMILES string of the molecule is CO[C](=[W])[C@@H]1CCC=C[C@@H]1OC(C)=O.[C-]#[O+].[C-]#[O+].[C-]#[O+].[C-]#[O+].[C-]#[O+]. The molecule has 9 heteroatoms. The molecule has 0 radical (unpaired) electrons. The predicted molar refractivity (Wildman–Crippen MR) is 69.1 cm³/mol. The molecular formula is C15H14O8W. The molecular weight excluding hydrogens is 492 g/mol. The van der Waals surface area contributed by atoms with Crippen molar-refractivity contribution in [3.63, 3.8) is 0 Å². The van der Waals surface area contributed by atoms with Crippen molar-refractivity contribution in [3.8, 4) is 0 Å². The van der Waals surface area contributed by atoms with E-state index in [4.69, 9.17) is 32.7 Å². The molecule has 1 aliphatic rings. The first-order chi connectivity index (χ1) is 11.6. The van der Waals surface area contributed by atoms with Gasteiger partial charge in [0.1, 0.15) is 0 Å². The summed E-state index contributed by atoms with van der Waals surface area (Å²) in [5.41, 5.74) is 0. The van der Waals surface area contributed by atoms with Gasteiger partial charge in [-0.1, -0.05) is 0 Å². The van der Waals surface area contributed by atoms with Gasteiger partial charge in [-0.25, -0.2) is 0 Å². The summed E-state index contributed by atoms with van der Waals surface area (Å²) >= 11 is 1.31. The van der Waals surface area contributed by atoms with E-state index in [2.05, 4.69) is 39.3 Å². The van der Waals surface area contributed by atoms with Crippen LogP contribution in [-0.2, 0) is 56.9 Å². The number of rotatable bonds is 3. The van der Waals surface area contributed by atoms with Crippen LogP contribution in [-0.4, -0.2) is 23.3 Å². The van der Waals surface area contributed by atoms with Gasteiger partial charge in [0.15, 0.2) is 0 Å². The standard InChI is InChI=1S/C10H14O3.5CO.W/c1-8(11)13-10-6-4-3-5-9(10)7-12-2;5*1-2;/h4,6,9-10H,3,5H2,1-2H3;;;;;;/t9-,10-;;;;;;/m0....../s1. The van der Waals surface area contributed by atoms with Crippen molar-refractivity contribution < 1.29 is 56.9 Å². The first-order valence-electron chi connectivity index (χ1n) is 5.59. The maximum atomic E-state index is 10.9. The molecule has 0 bridgehead atoms. The van der Waals surface area contributed by atoms with E-state index in [1.807, 2.05) is 6.08 Å². The Morgan fingerprint density at radius 3 is 1.79 bits per heavy atom. The molecule has 8 nitrogen and oxygen atoms in total. The van der Waals surface area contributed by atoms with Gasteiger partial charge in [-0.05, 0) is 0 Å². The van der Waals surface area contributed by atoms with E-state index in [0.29, 0.717) is 0 Å². The van der Waals surface area contributed by atoms with Gasteiger partial charge in [0.2, 0.25) is 0 Å². The molecule has 0 amide bonds. The van der Waals surface area contributed by atoms with Crippen molar-refractivity contribution >= 4 is 10.1 Å². The van der Waals surface area contributed by atoms with Gasteiger partial charge < -0.3 is 0 Å². The summed E-state index contributed by atoms with van der Waals surface area (Å²) in [5, 5.41) is 0. The van der Waals surface area contributed by atoms with Crippen LogP contribution < -0.4 is 0 Å². The zero-order valence-corrected chi connectivity index (χ0v) is 15.8. The Kier molecular flexibility index (Phi) is 46.8. The van der Waals surface area contributed by atoms with Crippen LogP contribution in [0.5, 0.6) is 0 Å². The number of esters is 1. The number of ether oxygens (including phenoxy) is 2. The second-order valence-electron chi connectivity index (χ2n) is 3.21. The van der Waals surface area contributed by atoms with Gasteiger partial charge in [-0.3, -0.25) is 0 Å². The van der Waals surface area contributed by atoms with Crippen molar-refractivity contribution in [2.24, 2.45) is 5.92 Å². The average Bonchev–Trinajstić information content (AvgIpc) is 2.69. The van der Waals surface area contributed by atoms with Gasteiger partial charge in [0, 0.05) is 0 Å². The molecule has 0 aliphatic heterocycles. The quantitative estimate of drug-likeness (QED) is 0.245. The second-order valence-corrected chi connectivity index (χ2v) is 4.65. The van der Waals surface area contributed by atoms with E-state index in [0.717, 1.165) is 16.9 Å². The molecule has 0 spiro atoms. The molecule has 0 saturated heterocycles. The summed E-state index contributed by atoms with van der Waals surface area (Å²) < 4.78 is 49.0. The summed E-state index contributed by atoms with van der Waals surface area (Å²) in [6.07, 6.45) is 5.91. The molecule has 2 atom stereocenters. The van der Waals surface area contributed by atoms with Crippen molar-refractivity contribution in [1.82, 2.24) is 0 Å². The number of carbonyl (C=O) groups excluding carboxylic acids is 1. The average molecular weight is 506 g/mol. The zero-order valence-electron chi connectivity index (χ0n) is 12.9. The Hall–Kier alpha value is -1.57. The molecule has 0 aromatic rings. The van der Waals surface area contributed by atoms with Crippen LogP contribution in [0.3, 0.4) is 0 Å². The molecule has 0 saturated carbocycles. The van der Waals surface area contributed by atoms with E-state index in [9.17, 15) is 4.79 Å². The zero-order chi connectivity index (χ0) is 20.6. The minimum atomic E-state index is -0.231. The molecule has 0 N–H and O–H groups in total. The van der Waals surface area contributed by atoms with Crippen molar-refractivity contribution in [2.75, 3.05) is 7.11 Å². The monoisotopic (exact) mass is 506 g/mol. The molecule has 24 heavy (non-hydrogen) atoms. The van der Waals surface area contributed by atoms with E-state index < -0.39 is 0 Å². The maximum absolute atomic E-state index is 10.9. The summed E-state index contributed by atoms with van der Waals surface area (Å²) in [7, 11) is 1.67. The Balaban J connectivity index is -0.000000103. The Bertz CT molecular complexity index is 410. The van der Waals surface area contributed by atoms with Crippen LogP contribution in [0.4, 0.5) is 0 Å². The fourth-order valence-corrected chi connectivity index (χ4v) is 2.43. The summed E-state index contributed by atoms with van der Waals surface area (Å²) in [5.74, 6) is 0.00866. The first-order valence-corrected chi connectivity index (χ1v) is 7.05. The second kappa shape index (κ2) is 33.1. The summed E-state index contributed by atoms with van der Waals surface area (Å²) in [6.45, 7) is 23.9. The van der Waals surface area contributed by atoms with Crippen LogP contribution in [0, 0.1) is 39.2 Å². The normalized spacial score (nSPS) is 15.5. The van der Waals surface area contributed by atoms with Crippen molar-refractivity contribution in [2.45, 2.75) is 25.9 Å². The Morgan fingerprint density at radius 1 is 1.04 bits per heavy atom. The number of hydrogen-bond donors (Lipinski definition) is 0. The predicted octanol–water partition coefficient (Wildman–Crippen LogP) is 1.02. The third kappa shape index (κ3) is 20.4. The third-order valence-corrected chi connectivity index (χ3v) is 3.86. The Morgan fingerprint density at radius 2 is 1.46 bits per heavy atom. The first kappa shape index (κ1) is 33.9. The van der Waals surface area contributed by atoms with Crippen LogP contribution >= 0.6 is 0 Å². The molecule has 0 heterocycles. The molecule has 0 unspecified atom stereocenters. The van der Waals surface area contributed by atoms with Gasteiger partial charge in [0.25, 0.3) is 0 Å². The van der Waals surface area contributed by atoms with Crippen LogP contribution in [0.1, 0.15) is 19.8 Å². The van der Waals surface area contributed by atoms with Gasteiger partial charge >= 0.3 is 151 Å². The fourth-order valence-electron chi connectivity index (χ4n) is 1.52. The summed E-state index contributed by atoms with van der Waals surface area (Å²) in [6, 6.07) is 0. The number of carbonyl (C=O) groups is 1. The fraction of sp³-hybridized carbons (Fsp3) is 0.400. The molecule has 128 valence electrons. The minimum absolute atomic E-state index is 0.131. The molecule has 1 aliphatic carbocycles. The van der Waals surface area contributed by atoms with Gasteiger partial charge in [-0.15, -0.1) is 0 Å². The van der Waals surface area contributed by atoms with Gasteiger partial charge in [-0.2, -0.15) is 0 Å². The number of hydrogen-bond acceptors (Lipinski definition) is 3. The van der Waals surface area contributed by atoms with E-state index in [1.54, 1.807) is 7.11 Å². The van der Waals surface area contributed by atoms with Crippen LogP contribution in [0.15, 0.2) is 12.2 Å².